The van der Waals surface area contributed by atoms with Crippen molar-refractivity contribution in [3.8, 4) is 11.5 Å². The van der Waals surface area contributed by atoms with Gasteiger partial charge in [0.05, 0.1) is 0 Å². The van der Waals surface area contributed by atoms with Crippen molar-refractivity contribution in [3.05, 3.63) is 158 Å². The fourth-order valence-electron chi connectivity index (χ4n) is 7.47. The molecule has 234 valence electrons. The first-order valence-electron chi connectivity index (χ1n) is 16.7. The number of rotatable bonds is 4. The minimum absolute atomic E-state index is 0.625. The lowest BCUT2D eigenvalue weighted by Crippen LogP contribution is -2.10. The van der Waals surface area contributed by atoms with Gasteiger partial charge in [-0.3, -0.25) is 0 Å². The van der Waals surface area contributed by atoms with Gasteiger partial charge >= 0.3 is 0 Å². The Morgan fingerprint density at radius 2 is 0.960 bits per heavy atom. The lowest BCUT2D eigenvalue weighted by atomic mass is 10.0. The largest absolute Gasteiger partial charge is 0.436 e. The van der Waals surface area contributed by atoms with Crippen molar-refractivity contribution in [2.75, 3.05) is 4.90 Å². The number of nitrogens with zero attached hydrogens (tertiary/aromatic N) is 2. The van der Waals surface area contributed by atoms with E-state index < -0.39 is 0 Å². The predicted octanol–water partition coefficient (Wildman–Crippen LogP) is 14.0. The van der Waals surface area contributed by atoms with Gasteiger partial charge in [-0.25, -0.2) is 4.98 Å². The summed E-state index contributed by atoms with van der Waals surface area (Å²) in [6.07, 6.45) is 0. The highest BCUT2D eigenvalue weighted by atomic mass is 32.1. The number of hydrogen-bond donors (Lipinski definition) is 0. The van der Waals surface area contributed by atoms with Gasteiger partial charge in [-0.2, -0.15) is 0 Å². The number of thiophene rings is 2. The Morgan fingerprint density at radius 1 is 0.440 bits per heavy atom. The Balaban J connectivity index is 1.08. The van der Waals surface area contributed by atoms with Gasteiger partial charge in [-0.05, 0) is 94.3 Å². The predicted molar refractivity (Wildman–Crippen MR) is 215 cm³/mol. The van der Waals surface area contributed by atoms with Crippen molar-refractivity contribution in [2.24, 2.45) is 0 Å². The molecule has 5 heteroatoms. The first-order chi connectivity index (χ1) is 24.7. The Bertz CT molecular complexity index is 2930. The standard InChI is InChI=1S/C45H26N2OS2/c1-5-11-41-35(7-1)37-21-15-28-25-31(19-23-33(28)43(37)49-41)47(30-17-13-27(14-18-30)45-46-39-9-3-4-10-40(39)48-45)32-20-24-34-29(26-32)16-22-38-36-8-2-6-12-42(36)50-44(34)38/h1-26H. The molecule has 0 unspecified atom stereocenters. The van der Waals surface area contributed by atoms with Crippen LogP contribution in [0.2, 0.25) is 0 Å². The summed E-state index contributed by atoms with van der Waals surface area (Å²) < 4.78 is 11.4. The fourth-order valence-corrected chi connectivity index (χ4v) is 9.95. The second kappa shape index (κ2) is 10.7. The van der Waals surface area contributed by atoms with Gasteiger partial charge in [0.2, 0.25) is 5.89 Å². The van der Waals surface area contributed by atoms with Crippen molar-refractivity contribution < 1.29 is 4.42 Å². The fraction of sp³-hybridized carbons (Fsp3) is 0. The van der Waals surface area contributed by atoms with E-state index in [9.17, 15) is 0 Å². The molecule has 0 saturated carbocycles. The lowest BCUT2D eigenvalue weighted by molar-refractivity contribution is 0.620. The summed E-state index contributed by atoms with van der Waals surface area (Å²) in [4.78, 5) is 7.10. The molecule has 0 amide bonds. The van der Waals surface area contributed by atoms with Crippen molar-refractivity contribution in [2.45, 2.75) is 0 Å². The summed E-state index contributed by atoms with van der Waals surface area (Å²) >= 11 is 3.75. The van der Waals surface area contributed by atoms with E-state index in [1.54, 1.807) is 0 Å². The first kappa shape index (κ1) is 27.9. The van der Waals surface area contributed by atoms with Gasteiger partial charge in [-0.15, -0.1) is 22.7 Å². The van der Waals surface area contributed by atoms with Crippen LogP contribution in [0.25, 0.3) is 84.4 Å². The van der Waals surface area contributed by atoms with Crippen LogP contribution < -0.4 is 4.90 Å². The molecule has 0 atom stereocenters. The zero-order valence-corrected chi connectivity index (χ0v) is 28.3. The van der Waals surface area contributed by atoms with Crippen LogP contribution in [-0.4, -0.2) is 4.98 Å². The van der Waals surface area contributed by atoms with E-state index in [0.717, 1.165) is 33.7 Å². The van der Waals surface area contributed by atoms with Crippen LogP contribution in [0.5, 0.6) is 0 Å². The highest BCUT2D eigenvalue weighted by molar-refractivity contribution is 7.27. The molecule has 0 aliphatic heterocycles. The van der Waals surface area contributed by atoms with Crippen LogP contribution in [0.3, 0.4) is 0 Å². The zero-order chi connectivity index (χ0) is 32.8. The summed E-state index contributed by atoms with van der Waals surface area (Å²) in [5, 5.41) is 10.3. The smallest absolute Gasteiger partial charge is 0.227 e. The third-order valence-electron chi connectivity index (χ3n) is 9.87. The van der Waals surface area contributed by atoms with Gasteiger partial charge in [0.1, 0.15) is 5.52 Å². The molecular weight excluding hydrogens is 649 g/mol. The molecule has 8 aromatic carbocycles. The number of aromatic nitrogens is 1. The number of fused-ring (bicyclic) bond motifs is 11. The second-order valence-electron chi connectivity index (χ2n) is 12.8. The van der Waals surface area contributed by atoms with E-state index in [2.05, 4.69) is 138 Å². The second-order valence-corrected chi connectivity index (χ2v) is 14.9. The van der Waals surface area contributed by atoms with Crippen molar-refractivity contribution in [1.29, 1.82) is 0 Å². The third kappa shape index (κ3) is 4.24. The van der Waals surface area contributed by atoms with E-state index in [-0.39, 0.29) is 0 Å². The summed E-state index contributed by atoms with van der Waals surface area (Å²) in [7, 11) is 0. The molecule has 3 aromatic heterocycles. The van der Waals surface area contributed by atoms with Gasteiger partial charge in [0, 0.05) is 63.0 Å². The molecule has 0 bridgehead atoms. The zero-order valence-electron chi connectivity index (χ0n) is 26.6. The molecule has 0 aliphatic carbocycles. The highest BCUT2D eigenvalue weighted by Gasteiger charge is 2.18. The Kier molecular flexibility index (Phi) is 5.99. The molecule has 0 N–H and O–H groups in total. The Labute approximate surface area is 294 Å². The maximum atomic E-state index is 6.11. The summed E-state index contributed by atoms with van der Waals surface area (Å²) in [6, 6.07) is 56.8. The van der Waals surface area contributed by atoms with Crippen molar-refractivity contribution in [3.63, 3.8) is 0 Å². The monoisotopic (exact) mass is 674 g/mol. The minimum atomic E-state index is 0.625. The third-order valence-corrected chi connectivity index (χ3v) is 12.3. The first-order valence-corrected chi connectivity index (χ1v) is 18.3. The molecule has 11 rings (SSSR count). The van der Waals surface area contributed by atoms with E-state index in [0.29, 0.717) is 5.89 Å². The van der Waals surface area contributed by atoms with Crippen LogP contribution in [0.4, 0.5) is 17.1 Å². The topological polar surface area (TPSA) is 29.3 Å². The molecule has 0 radical (unpaired) electrons. The van der Waals surface area contributed by atoms with Crippen LogP contribution in [0.1, 0.15) is 0 Å². The maximum Gasteiger partial charge on any atom is 0.227 e. The van der Waals surface area contributed by atoms with Gasteiger partial charge < -0.3 is 9.32 Å². The molecular formula is C45H26N2OS2. The molecule has 0 aliphatic rings. The normalized spacial score (nSPS) is 12.0. The number of oxazole rings is 1. The Hall–Kier alpha value is -6.01. The van der Waals surface area contributed by atoms with Gasteiger partial charge in [0.25, 0.3) is 0 Å². The van der Waals surface area contributed by atoms with Crippen molar-refractivity contribution >= 4 is 113 Å². The summed E-state index contributed by atoms with van der Waals surface area (Å²) in [5.74, 6) is 0.625. The van der Waals surface area contributed by atoms with Crippen LogP contribution in [0, 0.1) is 0 Å². The SMILES string of the molecule is c1ccc2oc(-c3ccc(N(c4ccc5c(ccc6c7ccccc7sc56)c4)c4ccc5c(ccc6c7ccccc7sc56)c4)cc3)nc2c1. The van der Waals surface area contributed by atoms with Crippen LogP contribution in [0.15, 0.2) is 162 Å². The number of hydrogen-bond acceptors (Lipinski definition) is 5. The molecule has 11 aromatic rings. The van der Waals surface area contributed by atoms with Crippen molar-refractivity contribution in [1.82, 2.24) is 4.98 Å². The number of anilines is 3. The summed E-state index contributed by atoms with van der Waals surface area (Å²) in [6.45, 7) is 0. The van der Waals surface area contributed by atoms with Crippen LogP contribution >= 0.6 is 22.7 Å². The number of benzene rings is 8. The quantitative estimate of drug-likeness (QED) is 0.186. The van der Waals surface area contributed by atoms with E-state index in [1.165, 1.54) is 61.9 Å². The average Bonchev–Trinajstić information content (AvgIpc) is 3.89. The molecule has 3 nitrogen and oxygen atoms in total. The van der Waals surface area contributed by atoms with E-state index in [4.69, 9.17) is 9.40 Å². The highest BCUT2D eigenvalue weighted by Crippen LogP contribution is 2.44. The summed E-state index contributed by atoms with van der Waals surface area (Å²) in [5.41, 5.74) is 5.88. The van der Waals surface area contributed by atoms with E-state index >= 15 is 0 Å². The molecule has 50 heavy (non-hydrogen) atoms. The maximum absolute atomic E-state index is 6.11. The molecule has 0 spiro atoms. The van der Waals surface area contributed by atoms with Gasteiger partial charge in [-0.1, -0.05) is 84.9 Å². The van der Waals surface area contributed by atoms with Crippen LogP contribution in [-0.2, 0) is 0 Å². The lowest BCUT2D eigenvalue weighted by Gasteiger charge is -2.26. The average molecular weight is 675 g/mol. The molecule has 0 saturated heterocycles. The minimum Gasteiger partial charge on any atom is -0.436 e. The molecule has 0 fully saturated rings. The number of para-hydroxylation sites is 2. The van der Waals surface area contributed by atoms with E-state index in [1.807, 2.05) is 46.9 Å². The molecule has 3 heterocycles. The Morgan fingerprint density at radius 3 is 1.56 bits per heavy atom. The van der Waals surface area contributed by atoms with Gasteiger partial charge in [0.15, 0.2) is 5.58 Å².